The number of allylic oxidation sites excluding steroid dienone is 4. The van der Waals surface area contributed by atoms with Crippen molar-refractivity contribution in [3.63, 3.8) is 0 Å². The molecule has 0 aromatic heterocycles. The Kier molecular flexibility index (Phi) is 8.21. The van der Waals surface area contributed by atoms with E-state index in [-0.39, 0.29) is 11.0 Å². The van der Waals surface area contributed by atoms with Crippen LogP contribution in [0, 0.1) is 5.41 Å². The quantitative estimate of drug-likeness (QED) is 0.363. The first-order chi connectivity index (χ1) is 9.49. The smallest absolute Gasteiger partial charge is 0.0603 e. The molecule has 1 heteroatoms. The summed E-state index contributed by atoms with van der Waals surface area (Å²) < 4.78 is 0. The third-order valence-corrected chi connectivity index (χ3v) is 4.27. The summed E-state index contributed by atoms with van der Waals surface area (Å²) in [6, 6.07) is 0. The van der Waals surface area contributed by atoms with E-state index in [1.54, 1.807) is 0 Å². The van der Waals surface area contributed by atoms with Gasteiger partial charge in [0, 0.05) is 5.71 Å². The summed E-state index contributed by atoms with van der Waals surface area (Å²) >= 11 is 0. The van der Waals surface area contributed by atoms with Crippen molar-refractivity contribution in [1.82, 2.24) is 0 Å². The van der Waals surface area contributed by atoms with Gasteiger partial charge in [-0.15, -0.1) is 0 Å². The van der Waals surface area contributed by atoms with Gasteiger partial charge in [0.25, 0.3) is 0 Å². The molecular weight excluding hydrogens is 254 g/mol. The molecule has 0 fully saturated rings. The predicted octanol–water partition coefficient (Wildman–Crippen LogP) is 6.74. The van der Waals surface area contributed by atoms with Crippen LogP contribution in [0.1, 0.15) is 88.0 Å². The van der Waals surface area contributed by atoms with Gasteiger partial charge in [-0.2, -0.15) is 0 Å². The van der Waals surface area contributed by atoms with Crippen LogP contribution in [0.15, 0.2) is 28.3 Å². The molecule has 0 rings (SSSR count). The Labute approximate surface area is 133 Å². The molecule has 0 bridgehead atoms. The van der Waals surface area contributed by atoms with Gasteiger partial charge >= 0.3 is 0 Å². The molecule has 0 unspecified atom stereocenters. The highest BCUT2D eigenvalue weighted by molar-refractivity contribution is 5.95. The number of rotatable bonds is 7. The summed E-state index contributed by atoms with van der Waals surface area (Å²) in [7, 11) is 0. The van der Waals surface area contributed by atoms with Gasteiger partial charge in [-0.25, -0.2) is 0 Å². The van der Waals surface area contributed by atoms with Gasteiger partial charge in [-0.05, 0) is 65.4 Å². The molecular formula is C20H37N. The van der Waals surface area contributed by atoms with Gasteiger partial charge in [-0.1, -0.05) is 51.3 Å². The molecule has 0 amide bonds. The van der Waals surface area contributed by atoms with Crippen LogP contribution in [0.2, 0.25) is 0 Å². The summed E-state index contributed by atoms with van der Waals surface area (Å²) in [5, 5.41) is 0. The van der Waals surface area contributed by atoms with Crippen molar-refractivity contribution in [2.75, 3.05) is 0 Å². The fraction of sp³-hybridized carbons (Fsp3) is 0.750. The number of hydrogen-bond acceptors (Lipinski definition) is 1. The molecule has 0 aromatic carbocycles. The standard InChI is InChI=1S/C20H37N/c1-10-12-18(21-20(8,9)19(5,6)7)15-17(4)14-11-13-16(2)3/h13,15H,10-12,14H2,1-9H3/b17-15-,21-18?. The van der Waals surface area contributed by atoms with Gasteiger partial charge in [0.05, 0.1) is 5.54 Å². The summed E-state index contributed by atoms with van der Waals surface area (Å²) in [5.74, 6) is 0. The topological polar surface area (TPSA) is 12.4 Å². The van der Waals surface area contributed by atoms with Crippen LogP contribution >= 0.6 is 0 Å². The van der Waals surface area contributed by atoms with Crippen molar-refractivity contribution in [2.24, 2.45) is 10.4 Å². The first-order valence-electron chi connectivity index (χ1n) is 8.39. The molecule has 0 heterocycles. The minimum absolute atomic E-state index is 0.0335. The molecule has 0 aliphatic carbocycles. The van der Waals surface area contributed by atoms with E-state index in [1.807, 2.05) is 0 Å². The first-order valence-corrected chi connectivity index (χ1v) is 8.39. The minimum atomic E-state index is -0.0335. The van der Waals surface area contributed by atoms with Crippen molar-refractivity contribution in [2.45, 2.75) is 93.5 Å². The van der Waals surface area contributed by atoms with E-state index < -0.39 is 0 Å². The van der Waals surface area contributed by atoms with Crippen LogP contribution in [0.3, 0.4) is 0 Å². The zero-order valence-electron chi connectivity index (χ0n) is 15.9. The Balaban J connectivity index is 5.10. The van der Waals surface area contributed by atoms with Gasteiger partial charge in [0.1, 0.15) is 0 Å². The predicted molar refractivity (Wildman–Crippen MR) is 98.3 cm³/mol. The van der Waals surface area contributed by atoms with E-state index in [9.17, 15) is 0 Å². The lowest BCUT2D eigenvalue weighted by molar-refractivity contribution is 0.233. The van der Waals surface area contributed by atoms with E-state index >= 15 is 0 Å². The first kappa shape index (κ1) is 20.1. The molecule has 0 radical (unpaired) electrons. The van der Waals surface area contributed by atoms with Crippen LogP contribution in [0.4, 0.5) is 0 Å². The zero-order valence-corrected chi connectivity index (χ0v) is 15.9. The SMILES string of the molecule is CCCC(/C=C(/C)CCC=C(C)C)=NC(C)(C)C(C)(C)C. The van der Waals surface area contributed by atoms with E-state index in [0.29, 0.717) is 0 Å². The summed E-state index contributed by atoms with van der Waals surface area (Å²) in [6.45, 7) is 20.1. The lowest BCUT2D eigenvalue weighted by Crippen LogP contribution is -2.35. The molecule has 0 saturated carbocycles. The maximum atomic E-state index is 5.08. The average molecular weight is 292 g/mol. The van der Waals surface area contributed by atoms with E-state index in [2.05, 4.69) is 74.5 Å². The Morgan fingerprint density at radius 1 is 0.952 bits per heavy atom. The second kappa shape index (κ2) is 8.56. The molecule has 0 aromatic rings. The van der Waals surface area contributed by atoms with Crippen LogP contribution < -0.4 is 0 Å². The molecule has 0 aliphatic heterocycles. The summed E-state index contributed by atoms with van der Waals surface area (Å²) in [5.41, 5.74) is 4.24. The van der Waals surface area contributed by atoms with Gasteiger partial charge in [0.2, 0.25) is 0 Å². The summed E-state index contributed by atoms with van der Waals surface area (Å²) in [6.07, 6.45) is 9.11. The van der Waals surface area contributed by atoms with Crippen molar-refractivity contribution < 1.29 is 0 Å². The molecule has 0 N–H and O–H groups in total. The van der Waals surface area contributed by atoms with Crippen molar-refractivity contribution in [3.05, 3.63) is 23.3 Å². The third-order valence-electron chi connectivity index (χ3n) is 4.27. The molecule has 1 nitrogen and oxygen atoms in total. The third kappa shape index (κ3) is 8.24. The molecule has 0 spiro atoms. The number of aliphatic imine (C=N–C) groups is 1. The molecule has 0 saturated heterocycles. The fourth-order valence-corrected chi connectivity index (χ4v) is 1.89. The summed E-state index contributed by atoms with van der Waals surface area (Å²) in [4.78, 5) is 5.08. The Morgan fingerprint density at radius 2 is 1.52 bits per heavy atom. The van der Waals surface area contributed by atoms with Crippen LogP contribution in [0.5, 0.6) is 0 Å². The lowest BCUT2D eigenvalue weighted by atomic mass is 9.76. The highest BCUT2D eigenvalue weighted by Gasteiger charge is 2.32. The molecule has 0 atom stereocenters. The van der Waals surface area contributed by atoms with Crippen molar-refractivity contribution >= 4 is 5.71 Å². The number of hydrogen-bond donors (Lipinski definition) is 0. The van der Waals surface area contributed by atoms with E-state index in [4.69, 9.17) is 4.99 Å². The largest absolute Gasteiger partial charge is 0.283 e. The maximum absolute atomic E-state index is 5.08. The van der Waals surface area contributed by atoms with Gasteiger partial charge < -0.3 is 0 Å². The molecule has 0 aliphatic rings. The van der Waals surface area contributed by atoms with Crippen LogP contribution in [0.25, 0.3) is 0 Å². The molecule has 122 valence electrons. The van der Waals surface area contributed by atoms with E-state index in [1.165, 1.54) is 16.9 Å². The highest BCUT2D eigenvalue weighted by atomic mass is 14.9. The lowest BCUT2D eigenvalue weighted by Gasteiger charge is -2.36. The normalized spacial score (nSPS) is 14.3. The van der Waals surface area contributed by atoms with Gasteiger partial charge in [-0.3, -0.25) is 4.99 Å². The minimum Gasteiger partial charge on any atom is -0.283 e. The molecule has 21 heavy (non-hydrogen) atoms. The van der Waals surface area contributed by atoms with E-state index in [0.717, 1.165) is 25.7 Å². The van der Waals surface area contributed by atoms with Gasteiger partial charge in [0.15, 0.2) is 0 Å². The second-order valence-electron chi connectivity index (χ2n) is 7.97. The van der Waals surface area contributed by atoms with Crippen LogP contribution in [-0.2, 0) is 0 Å². The maximum Gasteiger partial charge on any atom is 0.0603 e. The Bertz CT molecular complexity index is 396. The van der Waals surface area contributed by atoms with Crippen molar-refractivity contribution in [1.29, 1.82) is 0 Å². The Hall–Kier alpha value is -0.850. The average Bonchev–Trinajstić information content (AvgIpc) is 2.26. The van der Waals surface area contributed by atoms with Crippen LogP contribution in [-0.4, -0.2) is 11.3 Å². The number of nitrogens with zero attached hydrogens (tertiary/aromatic N) is 1. The monoisotopic (exact) mass is 291 g/mol. The fourth-order valence-electron chi connectivity index (χ4n) is 1.89. The Morgan fingerprint density at radius 3 is 1.95 bits per heavy atom. The van der Waals surface area contributed by atoms with Crippen molar-refractivity contribution in [3.8, 4) is 0 Å². The zero-order chi connectivity index (χ0) is 16.7. The highest BCUT2D eigenvalue weighted by Crippen LogP contribution is 2.33. The second-order valence-corrected chi connectivity index (χ2v) is 7.97.